The number of phenolic OH excluding ortho intramolecular Hbond substituents is 1. The number of aliphatic imine (C=N–C) groups is 1. The molecule has 0 amide bonds. The van der Waals surface area contributed by atoms with Crippen LogP contribution in [0.2, 0.25) is 0 Å². The Bertz CT molecular complexity index is 1180. The van der Waals surface area contributed by atoms with Crippen molar-refractivity contribution in [3.8, 4) is 5.75 Å². The number of nitrogens with zero attached hydrogens (tertiary/aromatic N) is 3. The minimum Gasteiger partial charge on any atom is -0.507 e. The molecular formula is C24H30N3O3S+. The van der Waals surface area contributed by atoms with Gasteiger partial charge in [0.15, 0.2) is 0 Å². The van der Waals surface area contributed by atoms with Crippen molar-refractivity contribution in [3.05, 3.63) is 77.4 Å². The van der Waals surface area contributed by atoms with Crippen molar-refractivity contribution >= 4 is 21.9 Å². The summed E-state index contributed by atoms with van der Waals surface area (Å²) in [5.74, 6) is 0.492. The van der Waals surface area contributed by atoms with Gasteiger partial charge in [-0.25, -0.2) is 4.57 Å². The summed E-state index contributed by atoms with van der Waals surface area (Å²) in [5, 5.41) is 10.3. The molecule has 2 aromatic carbocycles. The molecular weight excluding hydrogens is 410 g/mol. The lowest BCUT2D eigenvalue weighted by molar-refractivity contribution is -0.670. The molecule has 0 fully saturated rings. The van der Waals surface area contributed by atoms with Gasteiger partial charge >= 0.3 is 10.0 Å². The lowest BCUT2D eigenvalue weighted by Crippen LogP contribution is -2.25. The Morgan fingerprint density at radius 1 is 1.10 bits per heavy atom. The first-order valence-corrected chi connectivity index (χ1v) is 11.9. The molecule has 31 heavy (non-hydrogen) atoms. The highest BCUT2D eigenvalue weighted by Gasteiger charge is 2.20. The first kappa shape index (κ1) is 22.7. The first-order valence-electron chi connectivity index (χ1n) is 10.3. The van der Waals surface area contributed by atoms with Crippen LogP contribution in [-0.2, 0) is 22.8 Å². The van der Waals surface area contributed by atoms with E-state index >= 15 is 0 Å². The highest BCUT2D eigenvalue weighted by Crippen LogP contribution is 2.35. The number of hydrogen-bond donors (Lipinski definition) is 1. The fraction of sp³-hybridized carbons (Fsp3) is 0.333. The van der Waals surface area contributed by atoms with Gasteiger partial charge in [0.2, 0.25) is 0 Å². The maximum absolute atomic E-state index is 12.7. The molecule has 0 unspecified atom stereocenters. The van der Waals surface area contributed by atoms with Gasteiger partial charge < -0.3 is 5.11 Å². The van der Waals surface area contributed by atoms with Crippen LogP contribution in [0.1, 0.15) is 61.8 Å². The summed E-state index contributed by atoms with van der Waals surface area (Å²) in [6, 6.07) is 11.0. The SMILES string of the molecule is CC(C)c1cccc(C(C)C)c1N=Cc1cc(CS(=O)(=O)n2cc[n+](C)c2)ccc1O. The number of aromatic hydroxyl groups is 1. The van der Waals surface area contributed by atoms with Crippen molar-refractivity contribution in [1.29, 1.82) is 0 Å². The molecule has 164 valence electrons. The average molecular weight is 441 g/mol. The van der Waals surface area contributed by atoms with Crippen molar-refractivity contribution in [1.82, 2.24) is 3.97 Å². The molecule has 0 saturated carbocycles. The topological polar surface area (TPSA) is 75.5 Å². The van der Waals surface area contributed by atoms with Gasteiger partial charge in [0.05, 0.1) is 12.7 Å². The molecule has 0 spiro atoms. The Hall–Kier alpha value is -2.93. The van der Waals surface area contributed by atoms with Crippen LogP contribution < -0.4 is 4.57 Å². The molecule has 0 saturated heterocycles. The average Bonchev–Trinajstić information content (AvgIpc) is 3.15. The smallest absolute Gasteiger partial charge is 0.309 e. The minimum atomic E-state index is -3.56. The maximum Gasteiger partial charge on any atom is 0.309 e. The van der Waals surface area contributed by atoms with E-state index in [-0.39, 0.29) is 11.5 Å². The molecule has 0 bridgehead atoms. The molecule has 1 heterocycles. The number of aromatic nitrogens is 2. The molecule has 3 rings (SSSR count). The Kier molecular flexibility index (Phi) is 6.65. The summed E-state index contributed by atoms with van der Waals surface area (Å²) in [4.78, 5) is 4.74. The summed E-state index contributed by atoms with van der Waals surface area (Å²) < 4.78 is 28.2. The van der Waals surface area contributed by atoms with Gasteiger partial charge in [-0.3, -0.25) is 4.99 Å². The zero-order valence-corrected chi connectivity index (χ0v) is 19.5. The van der Waals surface area contributed by atoms with Crippen LogP contribution >= 0.6 is 0 Å². The molecule has 3 aromatic rings. The van der Waals surface area contributed by atoms with Gasteiger partial charge in [-0.05, 0) is 40.7 Å². The number of rotatable bonds is 7. The van der Waals surface area contributed by atoms with Crippen LogP contribution in [0.3, 0.4) is 0 Å². The van der Waals surface area contributed by atoms with Crippen molar-refractivity contribution in [3.63, 3.8) is 0 Å². The Labute approximate surface area is 184 Å². The Morgan fingerprint density at radius 3 is 2.29 bits per heavy atom. The number of para-hydroxylation sites is 1. The van der Waals surface area contributed by atoms with Gasteiger partial charge in [-0.2, -0.15) is 8.42 Å². The van der Waals surface area contributed by atoms with Crippen molar-refractivity contribution in [2.45, 2.75) is 45.3 Å². The molecule has 7 heteroatoms. The normalized spacial score (nSPS) is 12.4. The third kappa shape index (κ3) is 5.22. The second kappa shape index (κ2) is 9.06. The van der Waals surface area contributed by atoms with Crippen LogP contribution in [-0.4, -0.2) is 23.7 Å². The Balaban J connectivity index is 1.96. The van der Waals surface area contributed by atoms with Crippen LogP contribution in [0, 0.1) is 0 Å². The number of benzene rings is 2. The largest absolute Gasteiger partial charge is 0.507 e. The molecule has 0 radical (unpaired) electrons. The third-order valence-corrected chi connectivity index (χ3v) is 6.74. The summed E-state index contributed by atoms with van der Waals surface area (Å²) in [7, 11) is -1.79. The van der Waals surface area contributed by atoms with E-state index in [2.05, 4.69) is 39.8 Å². The number of imidazole rings is 1. The molecule has 0 aliphatic heterocycles. The van der Waals surface area contributed by atoms with E-state index in [0.29, 0.717) is 23.0 Å². The predicted molar refractivity (Wildman–Crippen MR) is 124 cm³/mol. The second-order valence-corrected chi connectivity index (χ2v) is 10.3. The van der Waals surface area contributed by atoms with Crippen LogP contribution in [0.4, 0.5) is 5.69 Å². The van der Waals surface area contributed by atoms with Gasteiger partial charge in [-0.1, -0.05) is 52.0 Å². The monoisotopic (exact) mass is 440 g/mol. The third-order valence-electron chi connectivity index (χ3n) is 5.18. The van der Waals surface area contributed by atoms with Crippen LogP contribution in [0.25, 0.3) is 0 Å². The summed E-state index contributed by atoms with van der Waals surface area (Å²) >= 11 is 0. The zero-order chi connectivity index (χ0) is 22.8. The van der Waals surface area contributed by atoms with E-state index in [9.17, 15) is 13.5 Å². The first-order chi connectivity index (χ1) is 14.6. The summed E-state index contributed by atoms with van der Waals surface area (Å²) in [5.41, 5.74) is 4.25. The van der Waals surface area contributed by atoms with E-state index in [1.807, 2.05) is 6.07 Å². The molecule has 0 atom stereocenters. The lowest BCUT2D eigenvalue weighted by atomic mass is 9.93. The quantitative estimate of drug-likeness (QED) is 0.437. The Morgan fingerprint density at radius 2 is 1.74 bits per heavy atom. The van der Waals surface area contributed by atoms with Crippen molar-refractivity contribution in [2.24, 2.45) is 12.0 Å². The van der Waals surface area contributed by atoms with Gasteiger partial charge in [0, 0.05) is 11.8 Å². The maximum atomic E-state index is 12.7. The number of phenols is 1. The summed E-state index contributed by atoms with van der Waals surface area (Å²) in [6.07, 6.45) is 6.31. The lowest BCUT2D eigenvalue weighted by Gasteiger charge is -2.16. The predicted octanol–water partition coefficient (Wildman–Crippen LogP) is 4.39. The second-order valence-electron chi connectivity index (χ2n) is 8.41. The van der Waals surface area contributed by atoms with Gasteiger partial charge in [-0.15, -0.1) is 3.97 Å². The highest BCUT2D eigenvalue weighted by atomic mass is 32.2. The number of aryl methyl sites for hydroxylation is 1. The van der Waals surface area contributed by atoms with Crippen LogP contribution in [0.15, 0.2) is 60.1 Å². The molecule has 0 aliphatic carbocycles. The fourth-order valence-corrected chi connectivity index (χ4v) is 4.75. The van der Waals surface area contributed by atoms with E-state index in [4.69, 9.17) is 4.99 Å². The highest BCUT2D eigenvalue weighted by molar-refractivity contribution is 7.89. The molecule has 1 aromatic heterocycles. The zero-order valence-electron chi connectivity index (χ0n) is 18.6. The summed E-state index contributed by atoms with van der Waals surface area (Å²) in [6.45, 7) is 8.51. The molecule has 1 N–H and O–H groups in total. The van der Waals surface area contributed by atoms with E-state index in [1.54, 1.807) is 36.2 Å². The van der Waals surface area contributed by atoms with E-state index in [0.717, 1.165) is 16.8 Å². The van der Waals surface area contributed by atoms with Gasteiger partial charge in [0.25, 0.3) is 6.33 Å². The minimum absolute atomic E-state index is 0.0605. The van der Waals surface area contributed by atoms with Crippen molar-refractivity contribution in [2.75, 3.05) is 0 Å². The van der Waals surface area contributed by atoms with Crippen LogP contribution in [0.5, 0.6) is 5.75 Å². The van der Waals surface area contributed by atoms with E-state index in [1.165, 1.54) is 22.6 Å². The fourth-order valence-electron chi connectivity index (χ4n) is 3.47. The number of hydrogen-bond acceptors (Lipinski definition) is 4. The van der Waals surface area contributed by atoms with E-state index < -0.39 is 10.0 Å². The molecule has 6 nitrogen and oxygen atoms in total. The van der Waals surface area contributed by atoms with Gasteiger partial charge in [0.1, 0.15) is 23.9 Å². The standard InChI is InChI=1S/C24H29N3O3S/c1-17(2)21-7-6-8-22(18(3)4)24(21)25-14-20-13-19(9-10-23(20)28)15-31(29,30)27-12-11-26(5)16-27/h6-14,16-18H,15H2,1-5H3/p+1. The van der Waals surface area contributed by atoms with Crippen molar-refractivity contribution < 1.29 is 18.1 Å². The molecule has 0 aliphatic rings.